The Morgan fingerprint density at radius 3 is 2.48 bits per heavy atom. The van der Waals surface area contributed by atoms with E-state index in [9.17, 15) is 4.79 Å². The molecule has 4 aromatic carbocycles. The Kier molecular flexibility index (Phi) is 8.01. The fourth-order valence-corrected chi connectivity index (χ4v) is 6.74. The minimum atomic E-state index is 0.0495. The Morgan fingerprint density at radius 2 is 1.60 bits per heavy atom. The SMILES string of the molecule is CCc1ccccc1N=C1S/C(=C/c2ccccc2OCc2cccc3ccccc23)C(=O)N1C1CCCCC1. The van der Waals surface area contributed by atoms with Gasteiger partial charge in [-0.3, -0.25) is 9.69 Å². The molecule has 0 bridgehead atoms. The van der Waals surface area contributed by atoms with E-state index in [4.69, 9.17) is 9.73 Å². The summed E-state index contributed by atoms with van der Waals surface area (Å²) in [5.41, 5.74) is 4.18. The van der Waals surface area contributed by atoms with Crippen LogP contribution in [0.25, 0.3) is 16.8 Å². The predicted molar refractivity (Wildman–Crippen MR) is 167 cm³/mol. The van der Waals surface area contributed by atoms with Gasteiger partial charge in [-0.25, -0.2) is 4.99 Å². The van der Waals surface area contributed by atoms with Crippen LogP contribution in [0.2, 0.25) is 0 Å². The van der Waals surface area contributed by atoms with Crippen molar-refractivity contribution in [3.8, 4) is 5.75 Å². The standard InChI is InChI=1S/C35H34N2O2S/c1-2-25-13-7-10-21-31(25)36-35-37(29-18-4-3-5-19-29)34(38)33(40-35)23-27-15-8-11-22-32(27)39-24-28-17-12-16-26-14-6-9-20-30(26)28/h6-17,20-23,29H,2-5,18-19,24H2,1H3/b33-23+,36-35?. The van der Waals surface area contributed by atoms with Crippen LogP contribution >= 0.6 is 11.8 Å². The van der Waals surface area contributed by atoms with Crippen molar-refractivity contribution < 1.29 is 9.53 Å². The van der Waals surface area contributed by atoms with Crippen LogP contribution in [-0.4, -0.2) is 22.0 Å². The Hall–Kier alpha value is -3.83. The number of amidine groups is 1. The summed E-state index contributed by atoms with van der Waals surface area (Å²) in [5, 5.41) is 3.18. The van der Waals surface area contributed by atoms with Crippen molar-refractivity contribution >= 4 is 45.4 Å². The molecule has 1 amide bonds. The van der Waals surface area contributed by atoms with Gasteiger partial charge in [0.2, 0.25) is 0 Å². The highest BCUT2D eigenvalue weighted by molar-refractivity contribution is 8.18. The third-order valence-corrected chi connectivity index (χ3v) is 8.82. The number of aliphatic imine (C=N–C) groups is 1. The van der Waals surface area contributed by atoms with Crippen LogP contribution in [-0.2, 0) is 17.8 Å². The summed E-state index contributed by atoms with van der Waals surface area (Å²) in [4.78, 5) is 21.7. The van der Waals surface area contributed by atoms with E-state index in [1.165, 1.54) is 34.5 Å². The molecule has 1 aliphatic carbocycles. The van der Waals surface area contributed by atoms with Gasteiger partial charge in [0.05, 0.1) is 10.6 Å². The molecular formula is C35H34N2O2S. The topological polar surface area (TPSA) is 41.9 Å². The van der Waals surface area contributed by atoms with Crippen molar-refractivity contribution in [2.45, 2.75) is 58.1 Å². The van der Waals surface area contributed by atoms with Crippen molar-refractivity contribution in [3.05, 3.63) is 113 Å². The van der Waals surface area contributed by atoms with Crippen molar-refractivity contribution in [3.63, 3.8) is 0 Å². The van der Waals surface area contributed by atoms with E-state index in [2.05, 4.69) is 61.5 Å². The number of ether oxygens (including phenoxy) is 1. The van der Waals surface area contributed by atoms with Gasteiger partial charge in [0.15, 0.2) is 5.17 Å². The lowest BCUT2D eigenvalue weighted by Gasteiger charge is -2.30. The largest absolute Gasteiger partial charge is 0.488 e. The summed E-state index contributed by atoms with van der Waals surface area (Å²) in [6.45, 7) is 2.60. The summed E-state index contributed by atoms with van der Waals surface area (Å²) < 4.78 is 6.36. The van der Waals surface area contributed by atoms with Gasteiger partial charge in [-0.15, -0.1) is 0 Å². The number of carbonyl (C=O) groups excluding carboxylic acids is 1. The second-order valence-electron chi connectivity index (χ2n) is 10.4. The highest BCUT2D eigenvalue weighted by Crippen LogP contribution is 2.40. The first-order valence-electron chi connectivity index (χ1n) is 14.3. The zero-order valence-electron chi connectivity index (χ0n) is 22.9. The van der Waals surface area contributed by atoms with Gasteiger partial charge in [-0.05, 0) is 71.1 Å². The molecule has 1 aliphatic heterocycles. The predicted octanol–water partition coefficient (Wildman–Crippen LogP) is 8.92. The van der Waals surface area contributed by atoms with Gasteiger partial charge < -0.3 is 4.74 Å². The number of rotatable bonds is 7. The van der Waals surface area contributed by atoms with Crippen molar-refractivity contribution in [2.24, 2.45) is 4.99 Å². The number of benzene rings is 4. The number of para-hydroxylation sites is 2. The Labute approximate surface area is 240 Å². The maximum atomic E-state index is 13.9. The van der Waals surface area contributed by atoms with E-state index in [0.29, 0.717) is 11.5 Å². The van der Waals surface area contributed by atoms with Gasteiger partial charge in [-0.2, -0.15) is 0 Å². The van der Waals surface area contributed by atoms with E-state index in [0.717, 1.165) is 59.8 Å². The van der Waals surface area contributed by atoms with E-state index in [1.54, 1.807) is 0 Å². The lowest BCUT2D eigenvalue weighted by Crippen LogP contribution is -2.40. The summed E-state index contributed by atoms with van der Waals surface area (Å²) in [6.07, 6.45) is 8.48. The Bertz CT molecular complexity index is 1580. The molecule has 5 heteroatoms. The van der Waals surface area contributed by atoms with Crippen LogP contribution in [0, 0.1) is 0 Å². The van der Waals surface area contributed by atoms with Gasteiger partial charge >= 0.3 is 0 Å². The number of nitrogens with zero attached hydrogens (tertiary/aromatic N) is 2. The van der Waals surface area contributed by atoms with Gasteiger partial charge in [0.25, 0.3) is 5.91 Å². The minimum absolute atomic E-state index is 0.0495. The third-order valence-electron chi connectivity index (χ3n) is 7.83. The normalized spacial score (nSPS) is 18.2. The monoisotopic (exact) mass is 546 g/mol. The first kappa shape index (κ1) is 26.4. The first-order chi connectivity index (χ1) is 19.7. The highest BCUT2D eigenvalue weighted by Gasteiger charge is 2.38. The Morgan fingerprint density at radius 1 is 0.875 bits per heavy atom. The molecule has 202 valence electrons. The number of amides is 1. The molecule has 1 saturated heterocycles. The molecule has 2 aliphatic rings. The number of fused-ring (bicyclic) bond motifs is 1. The average molecular weight is 547 g/mol. The number of hydrogen-bond acceptors (Lipinski definition) is 4. The maximum absolute atomic E-state index is 13.9. The van der Waals surface area contributed by atoms with E-state index in [1.807, 2.05) is 47.4 Å². The lowest BCUT2D eigenvalue weighted by atomic mass is 9.94. The first-order valence-corrected chi connectivity index (χ1v) is 15.1. The van der Waals surface area contributed by atoms with Gasteiger partial charge in [-0.1, -0.05) is 105 Å². The molecule has 40 heavy (non-hydrogen) atoms. The molecule has 0 spiro atoms. The fourth-order valence-electron chi connectivity index (χ4n) is 5.69. The second-order valence-corrected chi connectivity index (χ2v) is 11.4. The highest BCUT2D eigenvalue weighted by atomic mass is 32.2. The molecule has 0 atom stereocenters. The molecule has 0 N–H and O–H groups in total. The summed E-state index contributed by atoms with van der Waals surface area (Å²) >= 11 is 1.49. The summed E-state index contributed by atoms with van der Waals surface area (Å²) in [5.74, 6) is 0.816. The number of aryl methyl sites for hydroxylation is 1. The zero-order valence-corrected chi connectivity index (χ0v) is 23.7. The van der Waals surface area contributed by atoms with E-state index < -0.39 is 0 Å². The number of carbonyl (C=O) groups is 1. The zero-order chi connectivity index (χ0) is 27.3. The second kappa shape index (κ2) is 12.1. The molecule has 1 saturated carbocycles. The molecule has 6 rings (SSSR count). The quantitative estimate of drug-likeness (QED) is 0.217. The van der Waals surface area contributed by atoms with Crippen LogP contribution in [0.15, 0.2) is 101 Å². The molecule has 1 heterocycles. The van der Waals surface area contributed by atoms with Crippen LogP contribution in [0.1, 0.15) is 55.7 Å². The van der Waals surface area contributed by atoms with Crippen LogP contribution < -0.4 is 4.74 Å². The average Bonchev–Trinajstić information content (AvgIpc) is 3.31. The lowest BCUT2D eigenvalue weighted by molar-refractivity contribution is -0.124. The van der Waals surface area contributed by atoms with Crippen molar-refractivity contribution in [2.75, 3.05) is 0 Å². The van der Waals surface area contributed by atoms with Crippen LogP contribution in [0.4, 0.5) is 5.69 Å². The Balaban J connectivity index is 1.31. The number of hydrogen-bond donors (Lipinski definition) is 0. The van der Waals surface area contributed by atoms with E-state index in [-0.39, 0.29) is 11.9 Å². The molecule has 0 aromatic heterocycles. The number of thioether (sulfide) groups is 1. The van der Waals surface area contributed by atoms with Crippen LogP contribution in [0.3, 0.4) is 0 Å². The minimum Gasteiger partial charge on any atom is -0.488 e. The smallest absolute Gasteiger partial charge is 0.267 e. The fraction of sp³-hybridized carbons (Fsp3) is 0.257. The van der Waals surface area contributed by atoms with Crippen molar-refractivity contribution in [1.29, 1.82) is 0 Å². The molecule has 0 radical (unpaired) electrons. The third kappa shape index (κ3) is 5.57. The molecule has 0 unspecified atom stereocenters. The molecule has 4 nitrogen and oxygen atoms in total. The van der Waals surface area contributed by atoms with Crippen LogP contribution in [0.5, 0.6) is 5.75 Å². The molecule has 2 fully saturated rings. The van der Waals surface area contributed by atoms with E-state index >= 15 is 0 Å². The van der Waals surface area contributed by atoms with Gasteiger partial charge in [0.1, 0.15) is 12.4 Å². The summed E-state index contributed by atoms with van der Waals surface area (Å²) in [6, 6.07) is 31.1. The maximum Gasteiger partial charge on any atom is 0.267 e. The van der Waals surface area contributed by atoms with Crippen molar-refractivity contribution in [1.82, 2.24) is 4.90 Å². The summed E-state index contributed by atoms with van der Waals surface area (Å²) in [7, 11) is 0. The molecular weight excluding hydrogens is 512 g/mol. The van der Waals surface area contributed by atoms with Gasteiger partial charge in [0, 0.05) is 11.6 Å². The molecule has 4 aromatic rings.